The fourth-order valence-electron chi connectivity index (χ4n) is 3.18. The zero-order valence-electron chi connectivity index (χ0n) is 18.2. The van der Waals surface area contributed by atoms with Crippen molar-refractivity contribution in [1.29, 1.82) is 0 Å². The lowest BCUT2D eigenvalue weighted by atomic mass is 10.1. The van der Waals surface area contributed by atoms with Crippen molar-refractivity contribution < 1.29 is 9.59 Å². The molecule has 0 unspecified atom stereocenters. The quantitative estimate of drug-likeness (QED) is 0.509. The van der Waals surface area contributed by atoms with E-state index in [1.165, 1.54) is 30.0 Å². The van der Waals surface area contributed by atoms with Crippen molar-refractivity contribution >= 4 is 62.7 Å². The Bertz CT molecular complexity index is 1260. The lowest BCUT2D eigenvalue weighted by Crippen LogP contribution is -2.23. The summed E-state index contributed by atoms with van der Waals surface area (Å²) >= 11 is 2.63. The SMILES string of the molecule is CC(=O)N(c1nc(/C=C2\SC(=Nc3ccc(C)cc3)NC2=O)cs1)c1cccc(C)c1C. The maximum absolute atomic E-state index is 12.4. The second kappa shape index (κ2) is 9.10. The molecule has 8 heteroatoms. The van der Waals surface area contributed by atoms with Gasteiger partial charge >= 0.3 is 0 Å². The Morgan fingerprint density at radius 2 is 1.88 bits per heavy atom. The van der Waals surface area contributed by atoms with Crippen molar-refractivity contribution in [2.24, 2.45) is 4.99 Å². The molecule has 2 aromatic carbocycles. The molecule has 1 aliphatic rings. The van der Waals surface area contributed by atoms with Crippen LogP contribution in [0.25, 0.3) is 6.08 Å². The zero-order chi connectivity index (χ0) is 22.8. The van der Waals surface area contributed by atoms with Crippen molar-refractivity contribution in [2.75, 3.05) is 4.90 Å². The van der Waals surface area contributed by atoms with Crippen molar-refractivity contribution in [1.82, 2.24) is 10.3 Å². The van der Waals surface area contributed by atoms with Gasteiger partial charge in [0.25, 0.3) is 5.91 Å². The number of aryl methyl sites for hydroxylation is 2. The molecule has 3 aromatic rings. The normalized spacial score (nSPS) is 15.9. The highest BCUT2D eigenvalue weighted by molar-refractivity contribution is 8.18. The molecule has 162 valence electrons. The molecule has 2 heterocycles. The number of benzene rings is 2. The van der Waals surface area contributed by atoms with E-state index in [-0.39, 0.29) is 11.8 Å². The minimum Gasteiger partial charge on any atom is -0.300 e. The molecular formula is C24H22N4O2S2. The summed E-state index contributed by atoms with van der Waals surface area (Å²) in [5.41, 5.74) is 5.49. The van der Waals surface area contributed by atoms with Gasteiger partial charge in [-0.3, -0.25) is 14.5 Å². The fraction of sp³-hybridized carbons (Fsp3) is 0.167. The van der Waals surface area contributed by atoms with Gasteiger partial charge in [-0.15, -0.1) is 11.3 Å². The summed E-state index contributed by atoms with van der Waals surface area (Å²) < 4.78 is 0. The smallest absolute Gasteiger partial charge is 0.264 e. The molecule has 6 nitrogen and oxygen atoms in total. The van der Waals surface area contributed by atoms with Crippen LogP contribution in [-0.4, -0.2) is 22.0 Å². The van der Waals surface area contributed by atoms with Crippen LogP contribution in [0, 0.1) is 20.8 Å². The van der Waals surface area contributed by atoms with Gasteiger partial charge in [-0.2, -0.15) is 0 Å². The van der Waals surface area contributed by atoms with Crippen molar-refractivity contribution in [3.05, 3.63) is 75.1 Å². The average molecular weight is 463 g/mol. The summed E-state index contributed by atoms with van der Waals surface area (Å²) in [6.07, 6.45) is 1.72. The van der Waals surface area contributed by atoms with E-state index < -0.39 is 0 Å². The van der Waals surface area contributed by atoms with Crippen molar-refractivity contribution in [3.63, 3.8) is 0 Å². The highest BCUT2D eigenvalue weighted by atomic mass is 32.2. The number of aromatic nitrogens is 1. The van der Waals surface area contributed by atoms with E-state index >= 15 is 0 Å². The van der Waals surface area contributed by atoms with E-state index in [2.05, 4.69) is 15.3 Å². The lowest BCUT2D eigenvalue weighted by molar-refractivity contribution is -0.116. The van der Waals surface area contributed by atoms with Crippen molar-refractivity contribution in [3.8, 4) is 0 Å². The number of rotatable bonds is 4. The van der Waals surface area contributed by atoms with E-state index in [4.69, 9.17) is 0 Å². The third-order valence-corrected chi connectivity index (χ3v) is 6.78. The minimum absolute atomic E-state index is 0.118. The van der Waals surface area contributed by atoms with Gasteiger partial charge in [-0.25, -0.2) is 9.98 Å². The van der Waals surface area contributed by atoms with E-state index in [1.807, 2.05) is 68.6 Å². The number of carbonyl (C=O) groups excluding carboxylic acids is 2. The van der Waals surface area contributed by atoms with Gasteiger partial charge in [0.1, 0.15) is 0 Å². The van der Waals surface area contributed by atoms with Gasteiger partial charge in [-0.1, -0.05) is 29.8 Å². The summed E-state index contributed by atoms with van der Waals surface area (Å²) in [5, 5.41) is 5.72. The van der Waals surface area contributed by atoms with E-state index in [0.717, 1.165) is 28.1 Å². The molecular weight excluding hydrogens is 440 g/mol. The molecule has 0 saturated carbocycles. The lowest BCUT2D eigenvalue weighted by Gasteiger charge is -2.21. The largest absolute Gasteiger partial charge is 0.300 e. The van der Waals surface area contributed by atoms with Gasteiger partial charge in [-0.05, 0) is 67.9 Å². The number of amidine groups is 1. The molecule has 0 radical (unpaired) electrons. The molecule has 0 atom stereocenters. The minimum atomic E-state index is -0.214. The maximum Gasteiger partial charge on any atom is 0.264 e. The van der Waals surface area contributed by atoms with Crippen LogP contribution in [0.1, 0.15) is 29.3 Å². The molecule has 1 N–H and O–H groups in total. The second-order valence-electron chi connectivity index (χ2n) is 7.45. The molecule has 1 aromatic heterocycles. The Labute approximate surface area is 195 Å². The second-order valence-corrected chi connectivity index (χ2v) is 9.31. The van der Waals surface area contributed by atoms with E-state index in [9.17, 15) is 9.59 Å². The average Bonchev–Trinajstić information content (AvgIpc) is 3.34. The van der Waals surface area contributed by atoms with Crippen LogP contribution in [0.15, 0.2) is 57.7 Å². The van der Waals surface area contributed by atoms with Crippen LogP contribution in [0.5, 0.6) is 0 Å². The first-order valence-electron chi connectivity index (χ1n) is 10.0. The Morgan fingerprint density at radius 1 is 1.12 bits per heavy atom. The number of thiazole rings is 1. The first-order chi connectivity index (χ1) is 15.3. The van der Waals surface area contributed by atoms with Gasteiger partial charge in [0.2, 0.25) is 5.91 Å². The zero-order valence-corrected chi connectivity index (χ0v) is 19.8. The molecule has 2 amide bonds. The summed E-state index contributed by atoms with van der Waals surface area (Å²) in [6, 6.07) is 13.6. The number of nitrogens with one attached hydrogen (secondary N) is 1. The molecule has 1 fully saturated rings. The first-order valence-corrected chi connectivity index (χ1v) is 11.7. The number of hydrogen-bond donors (Lipinski definition) is 1. The molecule has 1 saturated heterocycles. The molecule has 0 spiro atoms. The van der Waals surface area contributed by atoms with Crippen LogP contribution in [0.2, 0.25) is 0 Å². The number of aliphatic imine (C=N–C) groups is 1. The molecule has 0 bridgehead atoms. The van der Waals surface area contributed by atoms with Gasteiger partial charge in [0.15, 0.2) is 10.3 Å². The highest BCUT2D eigenvalue weighted by Gasteiger charge is 2.25. The first kappa shape index (κ1) is 22.0. The molecule has 32 heavy (non-hydrogen) atoms. The predicted octanol–water partition coefficient (Wildman–Crippen LogP) is 5.64. The van der Waals surface area contributed by atoms with Crippen LogP contribution in [0.4, 0.5) is 16.5 Å². The van der Waals surface area contributed by atoms with E-state index in [0.29, 0.717) is 20.9 Å². The number of amides is 2. The Hall–Kier alpha value is -3.23. The number of anilines is 2. The highest BCUT2D eigenvalue weighted by Crippen LogP contribution is 2.34. The Kier molecular flexibility index (Phi) is 6.25. The maximum atomic E-state index is 12.4. The summed E-state index contributed by atoms with van der Waals surface area (Å²) in [4.78, 5) is 36.1. The predicted molar refractivity (Wildman–Crippen MR) is 133 cm³/mol. The van der Waals surface area contributed by atoms with Gasteiger partial charge < -0.3 is 5.32 Å². The summed E-state index contributed by atoms with van der Waals surface area (Å²) in [7, 11) is 0. The number of thioether (sulfide) groups is 1. The molecule has 1 aliphatic heterocycles. The topological polar surface area (TPSA) is 74.7 Å². The van der Waals surface area contributed by atoms with Crippen LogP contribution in [-0.2, 0) is 9.59 Å². The number of hydrogen-bond acceptors (Lipinski definition) is 6. The summed E-state index contributed by atoms with van der Waals surface area (Å²) in [6.45, 7) is 7.54. The fourth-order valence-corrected chi connectivity index (χ4v) is 4.85. The van der Waals surface area contributed by atoms with Crippen molar-refractivity contribution in [2.45, 2.75) is 27.7 Å². The molecule has 0 aliphatic carbocycles. The monoisotopic (exact) mass is 462 g/mol. The van der Waals surface area contributed by atoms with Gasteiger partial charge in [0.05, 0.1) is 22.0 Å². The summed E-state index contributed by atoms with van der Waals surface area (Å²) in [5.74, 6) is -0.332. The number of carbonyl (C=O) groups is 2. The third kappa shape index (κ3) is 4.66. The van der Waals surface area contributed by atoms with Crippen LogP contribution in [0.3, 0.4) is 0 Å². The standard InChI is InChI=1S/C24H22N4O2S2/c1-14-8-10-18(11-9-14)25-23-27-22(30)21(32-23)12-19-13-31-24(26-19)28(17(4)29)20-7-5-6-15(2)16(20)3/h5-13H,1-4H3,(H,25,27,30)/b21-12-. The Morgan fingerprint density at radius 3 is 2.59 bits per heavy atom. The van der Waals surface area contributed by atoms with Crippen LogP contribution >= 0.6 is 23.1 Å². The third-order valence-electron chi connectivity index (χ3n) is 5.03. The number of nitrogens with zero attached hydrogens (tertiary/aromatic N) is 3. The Balaban J connectivity index is 1.59. The van der Waals surface area contributed by atoms with Gasteiger partial charge in [0, 0.05) is 12.3 Å². The van der Waals surface area contributed by atoms with Crippen LogP contribution < -0.4 is 10.2 Å². The van der Waals surface area contributed by atoms with E-state index in [1.54, 1.807) is 11.0 Å². The molecule has 4 rings (SSSR count).